The van der Waals surface area contributed by atoms with Crippen LogP contribution in [0.5, 0.6) is 0 Å². The molecule has 0 spiro atoms. The first-order chi connectivity index (χ1) is 9.06. The molecular formula is C13H17N3O3. The molecule has 6 nitrogen and oxygen atoms in total. The van der Waals surface area contributed by atoms with E-state index in [1.807, 2.05) is 0 Å². The number of pyridine rings is 1. The first-order valence-electron chi connectivity index (χ1n) is 6.29. The summed E-state index contributed by atoms with van der Waals surface area (Å²) >= 11 is 0. The number of carboxylic acids is 1. The lowest BCUT2D eigenvalue weighted by Crippen LogP contribution is -2.35. The van der Waals surface area contributed by atoms with Crippen molar-refractivity contribution in [3.05, 3.63) is 24.0 Å². The number of hydrogen-bond acceptors (Lipinski definition) is 4. The zero-order valence-corrected chi connectivity index (χ0v) is 10.6. The van der Waals surface area contributed by atoms with Gasteiger partial charge in [0, 0.05) is 31.4 Å². The van der Waals surface area contributed by atoms with E-state index in [-0.39, 0.29) is 11.6 Å². The molecule has 1 fully saturated rings. The number of carbonyl (C=O) groups is 2. The van der Waals surface area contributed by atoms with Crippen molar-refractivity contribution in [1.29, 1.82) is 0 Å². The zero-order valence-electron chi connectivity index (χ0n) is 10.6. The molecule has 1 saturated heterocycles. The van der Waals surface area contributed by atoms with Gasteiger partial charge in [0.15, 0.2) is 0 Å². The zero-order chi connectivity index (χ0) is 13.8. The van der Waals surface area contributed by atoms with Crippen molar-refractivity contribution >= 4 is 17.6 Å². The topological polar surface area (TPSA) is 96.5 Å². The molecule has 102 valence electrons. The highest BCUT2D eigenvalue weighted by atomic mass is 16.4. The minimum Gasteiger partial charge on any atom is -0.477 e. The Morgan fingerprint density at radius 1 is 1.42 bits per heavy atom. The number of amides is 1. The quantitative estimate of drug-likeness (QED) is 0.840. The molecule has 6 heteroatoms. The number of piperidine rings is 1. The molecule has 0 bridgehead atoms. The van der Waals surface area contributed by atoms with E-state index in [1.165, 1.54) is 6.20 Å². The number of carboxylic acid groups (broad SMARTS) is 1. The van der Waals surface area contributed by atoms with E-state index in [2.05, 4.69) is 9.88 Å². The smallest absolute Gasteiger partial charge is 0.354 e. The van der Waals surface area contributed by atoms with Crippen molar-refractivity contribution in [2.45, 2.75) is 19.3 Å². The van der Waals surface area contributed by atoms with Crippen LogP contribution < -0.4 is 10.6 Å². The maximum absolute atomic E-state index is 10.9. The van der Waals surface area contributed by atoms with Crippen LogP contribution in [-0.4, -0.2) is 35.1 Å². The molecule has 0 atom stereocenters. The van der Waals surface area contributed by atoms with E-state index >= 15 is 0 Å². The summed E-state index contributed by atoms with van der Waals surface area (Å²) in [5.74, 6) is -0.935. The lowest BCUT2D eigenvalue weighted by Gasteiger charge is -2.33. The number of hydrogen-bond donors (Lipinski definition) is 2. The van der Waals surface area contributed by atoms with Crippen LogP contribution in [0, 0.1) is 5.92 Å². The molecule has 2 rings (SSSR count). The van der Waals surface area contributed by atoms with E-state index in [9.17, 15) is 9.59 Å². The minimum atomic E-state index is -1.02. The molecule has 2 heterocycles. The standard InChI is InChI=1S/C13H17N3O3/c14-12(17)7-9-2-5-16(6-3-9)10-1-4-15-11(8-10)13(18)19/h1,4,8-9H,2-3,5-7H2,(H2,14,17)(H,18,19). The Balaban J connectivity index is 1.99. The second-order valence-electron chi connectivity index (χ2n) is 4.81. The molecular weight excluding hydrogens is 246 g/mol. The molecule has 0 radical (unpaired) electrons. The monoisotopic (exact) mass is 263 g/mol. The Morgan fingerprint density at radius 2 is 2.11 bits per heavy atom. The van der Waals surface area contributed by atoms with Gasteiger partial charge in [-0.1, -0.05) is 0 Å². The summed E-state index contributed by atoms with van der Waals surface area (Å²) in [5.41, 5.74) is 6.11. The van der Waals surface area contributed by atoms with Crippen LogP contribution in [0.1, 0.15) is 29.8 Å². The van der Waals surface area contributed by atoms with Gasteiger partial charge in [0.05, 0.1) is 0 Å². The van der Waals surface area contributed by atoms with E-state index < -0.39 is 5.97 Å². The fourth-order valence-corrected chi connectivity index (χ4v) is 2.41. The van der Waals surface area contributed by atoms with Crippen molar-refractivity contribution in [3.63, 3.8) is 0 Å². The normalized spacial score (nSPS) is 16.3. The summed E-state index contributed by atoms with van der Waals surface area (Å²) < 4.78 is 0. The minimum absolute atomic E-state index is 0.0526. The van der Waals surface area contributed by atoms with Crippen molar-refractivity contribution in [2.75, 3.05) is 18.0 Å². The van der Waals surface area contributed by atoms with Crippen LogP contribution >= 0.6 is 0 Å². The van der Waals surface area contributed by atoms with E-state index in [0.717, 1.165) is 31.6 Å². The molecule has 1 aromatic heterocycles. The van der Waals surface area contributed by atoms with Gasteiger partial charge in [0.2, 0.25) is 5.91 Å². The number of carbonyl (C=O) groups excluding carboxylic acids is 1. The number of nitrogens with two attached hydrogens (primary N) is 1. The second-order valence-corrected chi connectivity index (χ2v) is 4.81. The number of rotatable bonds is 4. The van der Waals surface area contributed by atoms with Crippen LogP contribution in [0.15, 0.2) is 18.3 Å². The SMILES string of the molecule is NC(=O)CC1CCN(c2ccnc(C(=O)O)c2)CC1. The number of aromatic nitrogens is 1. The maximum Gasteiger partial charge on any atom is 0.354 e. The molecule has 0 saturated carbocycles. The predicted molar refractivity (Wildman–Crippen MR) is 69.9 cm³/mol. The molecule has 1 aromatic rings. The van der Waals surface area contributed by atoms with Crippen LogP contribution in [-0.2, 0) is 4.79 Å². The van der Waals surface area contributed by atoms with Crippen molar-refractivity contribution < 1.29 is 14.7 Å². The third-order valence-electron chi connectivity index (χ3n) is 3.43. The Labute approximate surface area is 111 Å². The largest absolute Gasteiger partial charge is 0.477 e. The molecule has 0 aromatic carbocycles. The molecule has 1 aliphatic heterocycles. The average molecular weight is 263 g/mol. The van der Waals surface area contributed by atoms with Crippen molar-refractivity contribution in [3.8, 4) is 0 Å². The van der Waals surface area contributed by atoms with Gasteiger partial charge in [0.1, 0.15) is 5.69 Å². The Bertz CT molecular complexity index is 482. The van der Waals surface area contributed by atoms with Gasteiger partial charge >= 0.3 is 5.97 Å². The number of aromatic carboxylic acids is 1. The Morgan fingerprint density at radius 3 is 2.68 bits per heavy atom. The summed E-state index contributed by atoms with van der Waals surface area (Å²) in [5, 5.41) is 8.92. The Kier molecular flexibility index (Phi) is 3.99. The van der Waals surface area contributed by atoms with Crippen LogP contribution in [0.4, 0.5) is 5.69 Å². The summed E-state index contributed by atoms with van der Waals surface area (Å²) in [4.78, 5) is 27.7. The highest BCUT2D eigenvalue weighted by Gasteiger charge is 2.21. The maximum atomic E-state index is 10.9. The van der Waals surface area contributed by atoms with Crippen molar-refractivity contribution in [2.24, 2.45) is 11.7 Å². The number of nitrogens with zero attached hydrogens (tertiary/aromatic N) is 2. The van der Waals surface area contributed by atoms with Gasteiger partial charge in [0.25, 0.3) is 0 Å². The first-order valence-corrected chi connectivity index (χ1v) is 6.29. The highest BCUT2D eigenvalue weighted by molar-refractivity contribution is 5.86. The molecule has 0 aliphatic carbocycles. The lowest BCUT2D eigenvalue weighted by molar-refractivity contribution is -0.119. The molecule has 0 unspecified atom stereocenters. The number of primary amides is 1. The summed E-state index contributed by atoms with van der Waals surface area (Å²) in [6, 6.07) is 3.39. The molecule has 1 amide bonds. The van der Waals surface area contributed by atoms with Crippen molar-refractivity contribution in [1.82, 2.24) is 4.98 Å². The van der Waals surface area contributed by atoms with Crippen LogP contribution in [0.3, 0.4) is 0 Å². The Hall–Kier alpha value is -2.11. The molecule has 3 N–H and O–H groups in total. The van der Waals surface area contributed by atoms with Gasteiger partial charge in [-0.3, -0.25) is 4.79 Å². The average Bonchev–Trinajstić information content (AvgIpc) is 2.39. The lowest BCUT2D eigenvalue weighted by atomic mass is 9.93. The van der Waals surface area contributed by atoms with E-state index in [4.69, 9.17) is 10.8 Å². The highest BCUT2D eigenvalue weighted by Crippen LogP contribution is 2.25. The van der Waals surface area contributed by atoms with Gasteiger partial charge in [-0.2, -0.15) is 0 Å². The van der Waals surface area contributed by atoms with Gasteiger partial charge in [-0.25, -0.2) is 9.78 Å². The van der Waals surface area contributed by atoms with Crippen LogP contribution in [0.25, 0.3) is 0 Å². The van der Waals surface area contributed by atoms with Gasteiger partial charge in [-0.05, 0) is 30.9 Å². The fourth-order valence-electron chi connectivity index (χ4n) is 2.41. The fraction of sp³-hybridized carbons (Fsp3) is 0.462. The molecule has 19 heavy (non-hydrogen) atoms. The van der Waals surface area contributed by atoms with Gasteiger partial charge in [-0.15, -0.1) is 0 Å². The summed E-state index contributed by atoms with van der Waals surface area (Å²) in [6.07, 6.45) is 3.74. The summed E-state index contributed by atoms with van der Waals surface area (Å²) in [7, 11) is 0. The summed E-state index contributed by atoms with van der Waals surface area (Å²) in [6.45, 7) is 1.61. The first kappa shape index (κ1) is 13.3. The van der Waals surface area contributed by atoms with Crippen LogP contribution in [0.2, 0.25) is 0 Å². The predicted octanol–water partition coefficient (Wildman–Crippen LogP) is 0.872. The third-order valence-corrected chi connectivity index (χ3v) is 3.43. The second kappa shape index (κ2) is 5.69. The number of anilines is 1. The third kappa shape index (κ3) is 3.43. The van der Waals surface area contributed by atoms with E-state index in [0.29, 0.717) is 12.3 Å². The van der Waals surface area contributed by atoms with Gasteiger partial charge < -0.3 is 15.7 Å². The molecule has 1 aliphatic rings. The van der Waals surface area contributed by atoms with E-state index in [1.54, 1.807) is 12.1 Å².